The van der Waals surface area contributed by atoms with Crippen LogP contribution in [0.1, 0.15) is 25.7 Å². The summed E-state index contributed by atoms with van der Waals surface area (Å²) in [6.07, 6.45) is 5.03. The van der Waals surface area contributed by atoms with Crippen LogP contribution in [0, 0.1) is 5.82 Å². The monoisotopic (exact) mass is 241 g/mol. The molecule has 0 heterocycles. The minimum Gasteiger partial charge on any atom is -0.494 e. The van der Waals surface area contributed by atoms with Crippen molar-refractivity contribution in [3.63, 3.8) is 0 Å². The van der Waals surface area contributed by atoms with Crippen molar-refractivity contribution in [1.82, 2.24) is 0 Å². The lowest BCUT2D eigenvalue weighted by atomic mass is 10.3. The predicted octanol–water partition coefficient (Wildman–Crippen LogP) is 3.45. The lowest BCUT2D eigenvalue weighted by Gasteiger charge is -2.12. The van der Waals surface area contributed by atoms with E-state index in [0.717, 1.165) is 4.90 Å². The van der Waals surface area contributed by atoms with E-state index in [4.69, 9.17) is 10.5 Å². The van der Waals surface area contributed by atoms with Gasteiger partial charge < -0.3 is 10.5 Å². The molecule has 16 heavy (non-hydrogen) atoms. The third-order valence-corrected chi connectivity index (χ3v) is 4.29. The van der Waals surface area contributed by atoms with Gasteiger partial charge in [-0.1, -0.05) is 12.8 Å². The summed E-state index contributed by atoms with van der Waals surface area (Å²) in [6.45, 7) is 0. The van der Waals surface area contributed by atoms with Gasteiger partial charge in [-0.15, -0.1) is 11.8 Å². The van der Waals surface area contributed by atoms with Crippen molar-refractivity contribution >= 4 is 17.4 Å². The molecule has 0 radical (unpaired) electrons. The molecule has 1 aromatic carbocycles. The SMILES string of the molecule is COc1cc(SC2CCCC2)c(N)cc1F. The Labute approximate surface area is 99.4 Å². The lowest BCUT2D eigenvalue weighted by Crippen LogP contribution is -1.98. The molecule has 1 fully saturated rings. The van der Waals surface area contributed by atoms with Gasteiger partial charge in [-0.2, -0.15) is 0 Å². The minimum atomic E-state index is -0.393. The number of rotatable bonds is 3. The van der Waals surface area contributed by atoms with Gasteiger partial charge in [0.15, 0.2) is 11.6 Å². The van der Waals surface area contributed by atoms with Crippen molar-refractivity contribution < 1.29 is 9.13 Å². The number of nitrogen functional groups attached to an aromatic ring is 1. The molecular formula is C12H16FNOS. The molecule has 1 aliphatic rings. The highest BCUT2D eigenvalue weighted by atomic mass is 32.2. The third-order valence-electron chi connectivity index (χ3n) is 2.88. The molecule has 1 saturated carbocycles. The van der Waals surface area contributed by atoms with Crippen LogP contribution in [0.15, 0.2) is 17.0 Å². The Morgan fingerprint density at radius 2 is 2.06 bits per heavy atom. The highest BCUT2D eigenvalue weighted by molar-refractivity contribution is 8.00. The molecule has 2 nitrogen and oxygen atoms in total. The summed E-state index contributed by atoms with van der Waals surface area (Å²) < 4.78 is 18.3. The zero-order valence-corrected chi connectivity index (χ0v) is 10.1. The second-order valence-corrected chi connectivity index (χ2v) is 5.39. The molecular weight excluding hydrogens is 225 g/mol. The van der Waals surface area contributed by atoms with Gasteiger partial charge in [-0.3, -0.25) is 0 Å². The number of hydrogen-bond donors (Lipinski definition) is 1. The van der Waals surface area contributed by atoms with E-state index < -0.39 is 5.82 Å². The molecule has 1 aromatic rings. The molecule has 0 bridgehead atoms. The topological polar surface area (TPSA) is 35.2 Å². The molecule has 0 saturated heterocycles. The fourth-order valence-corrected chi connectivity index (χ4v) is 3.29. The zero-order valence-electron chi connectivity index (χ0n) is 9.33. The number of methoxy groups -OCH3 is 1. The number of anilines is 1. The van der Waals surface area contributed by atoms with Crippen molar-refractivity contribution in [1.29, 1.82) is 0 Å². The first-order chi connectivity index (χ1) is 7.70. The van der Waals surface area contributed by atoms with Gasteiger partial charge in [0.2, 0.25) is 0 Å². The van der Waals surface area contributed by atoms with Gasteiger partial charge in [-0.25, -0.2) is 4.39 Å². The fraction of sp³-hybridized carbons (Fsp3) is 0.500. The molecule has 0 unspecified atom stereocenters. The fourth-order valence-electron chi connectivity index (χ4n) is 1.99. The van der Waals surface area contributed by atoms with Crippen molar-refractivity contribution in [2.45, 2.75) is 35.8 Å². The van der Waals surface area contributed by atoms with Crippen LogP contribution in [0.25, 0.3) is 0 Å². The molecule has 0 atom stereocenters. The highest BCUT2D eigenvalue weighted by Gasteiger charge is 2.18. The van der Waals surface area contributed by atoms with Gasteiger partial charge in [0.1, 0.15) is 0 Å². The number of halogens is 1. The van der Waals surface area contributed by atoms with Crippen LogP contribution in [-0.2, 0) is 0 Å². The van der Waals surface area contributed by atoms with Crippen LogP contribution in [0.5, 0.6) is 5.75 Å². The van der Waals surface area contributed by atoms with Crippen LogP contribution in [0.4, 0.5) is 10.1 Å². The van der Waals surface area contributed by atoms with E-state index in [2.05, 4.69) is 0 Å². The Bertz CT molecular complexity index is 378. The maximum Gasteiger partial charge on any atom is 0.167 e. The van der Waals surface area contributed by atoms with Gasteiger partial charge >= 0.3 is 0 Å². The highest BCUT2D eigenvalue weighted by Crippen LogP contribution is 2.39. The van der Waals surface area contributed by atoms with Crippen LogP contribution < -0.4 is 10.5 Å². The summed E-state index contributed by atoms with van der Waals surface area (Å²) in [5.41, 5.74) is 6.32. The summed E-state index contributed by atoms with van der Waals surface area (Å²) in [4.78, 5) is 0.935. The minimum absolute atomic E-state index is 0.273. The van der Waals surface area contributed by atoms with E-state index in [1.54, 1.807) is 17.8 Å². The van der Waals surface area contributed by atoms with E-state index >= 15 is 0 Å². The number of hydrogen-bond acceptors (Lipinski definition) is 3. The first-order valence-corrected chi connectivity index (χ1v) is 6.38. The van der Waals surface area contributed by atoms with E-state index in [0.29, 0.717) is 10.9 Å². The number of ether oxygens (including phenoxy) is 1. The Hall–Kier alpha value is -0.900. The summed E-state index contributed by atoms with van der Waals surface area (Å²) in [5.74, 6) is -0.120. The maximum absolute atomic E-state index is 13.3. The van der Waals surface area contributed by atoms with E-state index in [1.165, 1.54) is 38.9 Å². The largest absolute Gasteiger partial charge is 0.494 e. The Balaban J connectivity index is 2.18. The van der Waals surface area contributed by atoms with Crippen LogP contribution in [0.2, 0.25) is 0 Å². The molecule has 1 aliphatic carbocycles. The first kappa shape index (κ1) is 11.6. The average Bonchev–Trinajstić information content (AvgIpc) is 2.75. The summed E-state index contributed by atoms with van der Waals surface area (Å²) in [5, 5.41) is 0.623. The van der Waals surface area contributed by atoms with E-state index in [-0.39, 0.29) is 5.75 Å². The standard InChI is InChI=1S/C12H16FNOS/c1-15-11-7-12(10(14)6-9(11)13)16-8-4-2-3-5-8/h6-8H,2-5,14H2,1H3. The Morgan fingerprint density at radius 3 is 2.69 bits per heavy atom. The second kappa shape index (κ2) is 4.95. The van der Waals surface area contributed by atoms with Crippen LogP contribution in [-0.4, -0.2) is 12.4 Å². The molecule has 2 rings (SSSR count). The maximum atomic E-state index is 13.3. The molecule has 0 amide bonds. The molecule has 0 spiro atoms. The zero-order chi connectivity index (χ0) is 11.5. The molecule has 4 heteroatoms. The van der Waals surface area contributed by atoms with Gasteiger partial charge in [0.05, 0.1) is 7.11 Å². The molecule has 2 N–H and O–H groups in total. The molecule has 0 aromatic heterocycles. The second-order valence-electron chi connectivity index (χ2n) is 4.05. The number of thioether (sulfide) groups is 1. The van der Waals surface area contributed by atoms with Crippen LogP contribution >= 0.6 is 11.8 Å². The quantitative estimate of drug-likeness (QED) is 0.823. The average molecular weight is 241 g/mol. The number of nitrogens with two attached hydrogens (primary N) is 1. The normalized spacial score (nSPS) is 16.6. The first-order valence-electron chi connectivity index (χ1n) is 5.50. The van der Waals surface area contributed by atoms with Crippen LogP contribution in [0.3, 0.4) is 0 Å². The summed E-state index contributed by atoms with van der Waals surface area (Å²) in [7, 11) is 1.47. The van der Waals surface area contributed by atoms with Gasteiger partial charge in [0.25, 0.3) is 0 Å². The predicted molar refractivity (Wildman–Crippen MR) is 65.5 cm³/mol. The Morgan fingerprint density at radius 1 is 1.38 bits per heavy atom. The molecule has 0 aliphatic heterocycles. The van der Waals surface area contributed by atoms with E-state index in [9.17, 15) is 4.39 Å². The van der Waals surface area contributed by atoms with Crippen molar-refractivity contribution in [2.24, 2.45) is 0 Å². The van der Waals surface area contributed by atoms with Crippen molar-refractivity contribution in [3.8, 4) is 5.75 Å². The number of benzene rings is 1. The van der Waals surface area contributed by atoms with Crippen molar-refractivity contribution in [3.05, 3.63) is 17.9 Å². The summed E-state index contributed by atoms with van der Waals surface area (Å²) in [6, 6.07) is 3.05. The van der Waals surface area contributed by atoms with E-state index in [1.807, 2.05) is 0 Å². The molecule has 88 valence electrons. The summed E-state index contributed by atoms with van der Waals surface area (Å²) >= 11 is 1.74. The third kappa shape index (κ3) is 2.43. The van der Waals surface area contributed by atoms with Crippen molar-refractivity contribution in [2.75, 3.05) is 12.8 Å². The Kier molecular flexibility index (Phi) is 3.59. The lowest BCUT2D eigenvalue weighted by molar-refractivity contribution is 0.385. The van der Waals surface area contributed by atoms with Gasteiger partial charge in [-0.05, 0) is 18.9 Å². The smallest absolute Gasteiger partial charge is 0.167 e. The van der Waals surface area contributed by atoms with Gasteiger partial charge in [0, 0.05) is 21.9 Å².